The van der Waals surface area contributed by atoms with Gasteiger partial charge in [-0.15, -0.1) is 0 Å². The van der Waals surface area contributed by atoms with Gasteiger partial charge >= 0.3 is 0 Å². The summed E-state index contributed by atoms with van der Waals surface area (Å²) in [6.45, 7) is 1.31. The summed E-state index contributed by atoms with van der Waals surface area (Å²) in [6, 6.07) is 4.09. The standard InChI is InChI=1S/C18H17N3O5/c1-9-6-12(21(25)26)4-5-13(9)19-14(22)8-20-17(23)15-10-2-3-11(7-10)16(15)18(20)24/h2-6,10-11,15-16H,7-8H2,1H3,(H,19,22)/t10-,11-,15-,16-/m0/s1. The van der Waals surface area contributed by atoms with Gasteiger partial charge in [0.25, 0.3) is 5.69 Å². The molecule has 3 amide bonds. The minimum absolute atomic E-state index is 0.0683. The molecule has 2 bridgehead atoms. The van der Waals surface area contributed by atoms with Crippen LogP contribution in [0.1, 0.15) is 12.0 Å². The molecule has 2 aliphatic carbocycles. The number of nitrogens with zero attached hydrogens (tertiary/aromatic N) is 2. The number of likely N-dealkylation sites (tertiary alicyclic amines) is 1. The van der Waals surface area contributed by atoms with E-state index in [2.05, 4.69) is 5.32 Å². The smallest absolute Gasteiger partial charge is 0.269 e. The molecule has 26 heavy (non-hydrogen) atoms. The number of carbonyl (C=O) groups is 3. The largest absolute Gasteiger partial charge is 0.324 e. The number of rotatable bonds is 4. The number of imide groups is 1. The molecule has 0 unspecified atom stereocenters. The minimum atomic E-state index is -0.513. The molecule has 1 aromatic rings. The first kappa shape index (κ1) is 16.4. The molecule has 1 N–H and O–H groups in total. The van der Waals surface area contributed by atoms with E-state index in [0.717, 1.165) is 11.3 Å². The number of nitro benzene ring substituents is 1. The van der Waals surface area contributed by atoms with Crippen molar-refractivity contribution in [1.82, 2.24) is 4.90 Å². The van der Waals surface area contributed by atoms with Gasteiger partial charge in [-0.25, -0.2) is 0 Å². The third-order valence-electron chi connectivity index (χ3n) is 5.56. The van der Waals surface area contributed by atoms with E-state index in [0.29, 0.717) is 11.3 Å². The van der Waals surface area contributed by atoms with Crippen LogP contribution in [0.2, 0.25) is 0 Å². The SMILES string of the molecule is Cc1cc([N+](=O)[O-])ccc1NC(=O)CN1C(=O)[C@@H]2[C@@H](C1=O)[C@H]1C=C[C@H]2C1. The maximum absolute atomic E-state index is 12.6. The Bertz CT molecular complexity index is 848. The van der Waals surface area contributed by atoms with Gasteiger partial charge in [-0.05, 0) is 36.8 Å². The van der Waals surface area contributed by atoms with Gasteiger partial charge in [-0.1, -0.05) is 12.2 Å². The number of anilines is 1. The molecule has 1 aromatic carbocycles. The summed E-state index contributed by atoms with van der Waals surface area (Å²) in [4.78, 5) is 48.8. The van der Waals surface area contributed by atoms with Crippen LogP contribution < -0.4 is 5.32 Å². The summed E-state index contributed by atoms with van der Waals surface area (Å²) in [5.41, 5.74) is 0.883. The molecule has 2 fully saturated rings. The molecule has 8 nitrogen and oxygen atoms in total. The Balaban J connectivity index is 1.45. The quantitative estimate of drug-likeness (QED) is 0.382. The molecule has 3 aliphatic rings. The number of hydrogen-bond donors (Lipinski definition) is 1. The van der Waals surface area contributed by atoms with E-state index in [1.54, 1.807) is 6.92 Å². The van der Waals surface area contributed by atoms with Gasteiger partial charge in [0.1, 0.15) is 6.54 Å². The van der Waals surface area contributed by atoms with Gasteiger partial charge in [0.05, 0.1) is 16.8 Å². The Morgan fingerprint density at radius 2 is 1.85 bits per heavy atom. The van der Waals surface area contributed by atoms with Crippen LogP contribution in [0.5, 0.6) is 0 Å². The molecule has 1 aliphatic heterocycles. The van der Waals surface area contributed by atoms with Crippen molar-refractivity contribution >= 4 is 29.1 Å². The normalized spacial score (nSPS) is 28.6. The van der Waals surface area contributed by atoms with E-state index in [1.165, 1.54) is 18.2 Å². The maximum atomic E-state index is 12.6. The number of fused-ring (bicyclic) bond motifs is 5. The first-order valence-corrected chi connectivity index (χ1v) is 8.45. The monoisotopic (exact) mass is 355 g/mol. The fraction of sp³-hybridized carbons (Fsp3) is 0.389. The topological polar surface area (TPSA) is 110 Å². The van der Waals surface area contributed by atoms with Crippen molar-refractivity contribution in [2.24, 2.45) is 23.7 Å². The lowest BCUT2D eigenvalue weighted by atomic mass is 9.85. The highest BCUT2D eigenvalue weighted by atomic mass is 16.6. The summed E-state index contributed by atoms with van der Waals surface area (Å²) < 4.78 is 0. The highest BCUT2D eigenvalue weighted by Gasteiger charge is 2.59. The van der Waals surface area contributed by atoms with Crippen LogP contribution in [0.4, 0.5) is 11.4 Å². The van der Waals surface area contributed by atoms with Crippen LogP contribution >= 0.6 is 0 Å². The number of hydrogen-bond acceptors (Lipinski definition) is 5. The van der Waals surface area contributed by atoms with Gasteiger partial charge in [0.2, 0.25) is 17.7 Å². The summed E-state index contributed by atoms with van der Waals surface area (Å²) >= 11 is 0. The van der Waals surface area contributed by atoms with Gasteiger partial charge in [-0.3, -0.25) is 29.4 Å². The van der Waals surface area contributed by atoms with Crippen molar-refractivity contribution < 1.29 is 19.3 Å². The number of amides is 3. The van der Waals surface area contributed by atoms with E-state index in [-0.39, 0.29) is 47.7 Å². The van der Waals surface area contributed by atoms with Crippen molar-refractivity contribution in [3.8, 4) is 0 Å². The molecular weight excluding hydrogens is 338 g/mol. The fourth-order valence-electron chi connectivity index (χ4n) is 4.35. The zero-order chi connectivity index (χ0) is 18.6. The summed E-state index contributed by atoms with van der Waals surface area (Å²) in [5, 5.41) is 13.4. The fourth-order valence-corrected chi connectivity index (χ4v) is 4.35. The van der Waals surface area contributed by atoms with Crippen LogP contribution in [0.3, 0.4) is 0 Å². The molecule has 8 heteroatoms. The van der Waals surface area contributed by atoms with Crippen LogP contribution in [0.25, 0.3) is 0 Å². The third-order valence-corrected chi connectivity index (χ3v) is 5.56. The second-order valence-corrected chi connectivity index (χ2v) is 7.07. The zero-order valence-electron chi connectivity index (χ0n) is 14.0. The lowest BCUT2D eigenvalue weighted by molar-refractivity contribution is -0.384. The average molecular weight is 355 g/mol. The van der Waals surface area contributed by atoms with Crippen molar-refractivity contribution in [2.45, 2.75) is 13.3 Å². The zero-order valence-corrected chi connectivity index (χ0v) is 14.0. The molecule has 4 rings (SSSR count). The minimum Gasteiger partial charge on any atom is -0.324 e. The summed E-state index contributed by atoms with van der Waals surface area (Å²) in [5.74, 6) is -1.49. The number of allylic oxidation sites excluding steroid dienone is 2. The molecular formula is C18H17N3O5. The molecule has 1 heterocycles. The second kappa shape index (κ2) is 5.76. The average Bonchev–Trinajstić information content (AvgIpc) is 3.26. The molecule has 1 saturated heterocycles. The van der Waals surface area contributed by atoms with Crippen LogP contribution in [0, 0.1) is 40.7 Å². The Morgan fingerprint density at radius 1 is 1.23 bits per heavy atom. The first-order valence-electron chi connectivity index (χ1n) is 8.45. The van der Waals surface area contributed by atoms with E-state index in [9.17, 15) is 24.5 Å². The molecule has 0 spiro atoms. The van der Waals surface area contributed by atoms with Gasteiger partial charge < -0.3 is 5.32 Å². The number of nitro groups is 1. The third kappa shape index (κ3) is 2.40. The highest BCUT2D eigenvalue weighted by molar-refractivity contribution is 6.09. The van der Waals surface area contributed by atoms with Crippen molar-refractivity contribution in [2.75, 3.05) is 11.9 Å². The predicted octanol–water partition coefficient (Wildman–Crippen LogP) is 1.65. The Hall–Kier alpha value is -3.03. The lowest BCUT2D eigenvalue weighted by Gasteiger charge is -2.17. The van der Waals surface area contributed by atoms with E-state index in [1.807, 2.05) is 12.2 Å². The van der Waals surface area contributed by atoms with Crippen LogP contribution in [-0.2, 0) is 14.4 Å². The number of nitrogens with one attached hydrogen (secondary N) is 1. The van der Waals surface area contributed by atoms with Gasteiger partial charge in [-0.2, -0.15) is 0 Å². The van der Waals surface area contributed by atoms with Crippen LogP contribution in [0.15, 0.2) is 30.4 Å². The summed E-state index contributed by atoms with van der Waals surface area (Å²) in [6.07, 6.45) is 4.84. The maximum Gasteiger partial charge on any atom is 0.269 e. The first-order chi connectivity index (χ1) is 12.4. The van der Waals surface area contributed by atoms with Gasteiger partial charge in [0.15, 0.2) is 0 Å². The van der Waals surface area contributed by atoms with Crippen molar-refractivity contribution in [1.29, 1.82) is 0 Å². The molecule has 134 valence electrons. The van der Waals surface area contributed by atoms with Crippen LogP contribution in [-0.4, -0.2) is 34.1 Å². The Labute approximate surface area is 149 Å². The predicted molar refractivity (Wildman–Crippen MR) is 90.9 cm³/mol. The molecule has 0 radical (unpaired) electrons. The summed E-state index contributed by atoms with van der Waals surface area (Å²) in [7, 11) is 0. The second-order valence-electron chi connectivity index (χ2n) is 7.07. The number of aryl methyl sites for hydroxylation is 1. The number of benzene rings is 1. The van der Waals surface area contributed by atoms with E-state index in [4.69, 9.17) is 0 Å². The van der Waals surface area contributed by atoms with E-state index >= 15 is 0 Å². The Morgan fingerprint density at radius 3 is 2.38 bits per heavy atom. The van der Waals surface area contributed by atoms with Gasteiger partial charge in [0, 0.05) is 17.8 Å². The highest BCUT2D eigenvalue weighted by Crippen LogP contribution is 2.52. The molecule has 1 saturated carbocycles. The molecule has 0 aromatic heterocycles. The number of non-ortho nitro benzene ring substituents is 1. The molecule has 4 atom stereocenters. The lowest BCUT2D eigenvalue weighted by Crippen LogP contribution is -2.39. The Kier molecular flexibility index (Phi) is 3.64. The van der Waals surface area contributed by atoms with Crippen molar-refractivity contribution in [3.05, 3.63) is 46.0 Å². The van der Waals surface area contributed by atoms with Crippen molar-refractivity contribution in [3.63, 3.8) is 0 Å². The number of carbonyl (C=O) groups excluding carboxylic acids is 3. The van der Waals surface area contributed by atoms with E-state index < -0.39 is 10.8 Å².